The second-order valence-corrected chi connectivity index (χ2v) is 5.75. The van der Waals surface area contributed by atoms with E-state index in [4.69, 9.17) is 0 Å². The van der Waals surface area contributed by atoms with Crippen LogP contribution in [0.15, 0.2) is 24.3 Å². The molecule has 1 aromatic rings. The molecule has 1 aromatic carbocycles. The van der Waals surface area contributed by atoms with Crippen LogP contribution >= 0.6 is 0 Å². The van der Waals surface area contributed by atoms with Crippen LogP contribution in [0, 0.1) is 0 Å². The summed E-state index contributed by atoms with van der Waals surface area (Å²) in [5.74, 6) is 0. The first-order valence-corrected chi connectivity index (χ1v) is 6.89. The first kappa shape index (κ1) is 14.0. The van der Waals surface area contributed by atoms with Crippen molar-refractivity contribution in [3.63, 3.8) is 0 Å². The van der Waals surface area contributed by atoms with Crippen molar-refractivity contribution in [3.05, 3.63) is 29.8 Å². The normalized spacial score (nSPS) is 11.8. The number of hydrogen-bond acceptors (Lipinski definition) is 3. The third kappa shape index (κ3) is 4.33. The van der Waals surface area contributed by atoms with Gasteiger partial charge in [0.25, 0.3) is 0 Å². The molecule has 96 valence electrons. The Morgan fingerprint density at radius 2 is 1.76 bits per heavy atom. The lowest BCUT2D eigenvalue weighted by atomic mass is 10.2. The van der Waals surface area contributed by atoms with Crippen molar-refractivity contribution >= 4 is 15.9 Å². The van der Waals surface area contributed by atoms with Crippen LogP contribution in [0.5, 0.6) is 0 Å². The predicted molar refractivity (Wildman–Crippen MR) is 70.1 cm³/mol. The number of anilines is 1. The molecule has 0 saturated carbocycles. The van der Waals surface area contributed by atoms with Crippen molar-refractivity contribution < 1.29 is 8.42 Å². The summed E-state index contributed by atoms with van der Waals surface area (Å²) in [6.07, 6.45) is 0. The fourth-order valence-corrected chi connectivity index (χ4v) is 1.82. The smallest absolute Gasteiger partial charge is 0.301 e. The molecule has 0 saturated heterocycles. The van der Waals surface area contributed by atoms with Gasteiger partial charge in [0.1, 0.15) is 0 Å². The Hall–Kier alpha value is -1.11. The van der Waals surface area contributed by atoms with Crippen LogP contribution in [-0.2, 0) is 16.8 Å². The highest BCUT2D eigenvalue weighted by molar-refractivity contribution is 7.90. The minimum absolute atomic E-state index is 0.568. The van der Waals surface area contributed by atoms with Gasteiger partial charge >= 0.3 is 10.2 Å². The van der Waals surface area contributed by atoms with Gasteiger partial charge in [-0.2, -0.15) is 12.7 Å². The molecule has 0 aliphatic carbocycles. The van der Waals surface area contributed by atoms with Crippen LogP contribution in [0.2, 0.25) is 0 Å². The summed E-state index contributed by atoms with van der Waals surface area (Å²) in [6, 6.07) is 7.31. The average Bonchev–Trinajstić information content (AvgIpc) is 2.27. The molecule has 5 nitrogen and oxygen atoms in total. The van der Waals surface area contributed by atoms with Gasteiger partial charge in [-0.25, -0.2) is 0 Å². The number of nitrogens with one attached hydrogen (secondary N) is 2. The maximum Gasteiger partial charge on any atom is 0.301 e. The fourth-order valence-electron chi connectivity index (χ4n) is 1.20. The first-order valence-electron chi connectivity index (χ1n) is 5.45. The van der Waals surface area contributed by atoms with Crippen LogP contribution in [0.3, 0.4) is 0 Å². The SMILES string of the molecule is CCNCc1ccc(NS(=O)(=O)N(C)C)cc1. The van der Waals surface area contributed by atoms with Crippen LogP contribution in [-0.4, -0.2) is 33.4 Å². The Morgan fingerprint density at radius 1 is 1.18 bits per heavy atom. The molecule has 0 aromatic heterocycles. The Bertz CT molecular complexity index is 440. The van der Waals surface area contributed by atoms with Gasteiger partial charge in [-0.15, -0.1) is 0 Å². The van der Waals surface area contributed by atoms with E-state index >= 15 is 0 Å². The van der Waals surface area contributed by atoms with Gasteiger partial charge in [0.2, 0.25) is 0 Å². The van der Waals surface area contributed by atoms with Gasteiger partial charge in [-0.1, -0.05) is 19.1 Å². The van der Waals surface area contributed by atoms with E-state index < -0.39 is 10.2 Å². The lowest BCUT2D eigenvalue weighted by Gasteiger charge is -2.13. The zero-order valence-corrected chi connectivity index (χ0v) is 11.2. The lowest BCUT2D eigenvalue weighted by Crippen LogP contribution is -2.28. The molecule has 0 unspecified atom stereocenters. The van der Waals surface area contributed by atoms with Gasteiger partial charge in [0, 0.05) is 26.3 Å². The van der Waals surface area contributed by atoms with E-state index in [0.717, 1.165) is 23.0 Å². The van der Waals surface area contributed by atoms with Crippen molar-refractivity contribution in [2.24, 2.45) is 0 Å². The zero-order valence-electron chi connectivity index (χ0n) is 10.4. The van der Waals surface area contributed by atoms with Gasteiger partial charge in [-0.05, 0) is 24.2 Å². The number of rotatable bonds is 6. The molecule has 0 amide bonds. The fraction of sp³-hybridized carbons (Fsp3) is 0.455. The molecule has 0 bridgehead atoms. The maximum atomic E-state index is 11.6. The maximum absolute atomic E-state index is 11.6. The van der Waals surface area contributed by atoms with Crippen molar-refractivity contribution in [1.82, 2.24) is 9.62 Å². The highest BCUT2D eigenvalue weighted by atomic mass is 32.2. The second-order valence-electron chi connectivity index (χ2n) is 3.87. The molecule has 0 heterocycles. The Balaban J connectivity index is 2.69. The van der Waals surface area contributed by atoms with Crippen LogP contribution < -0.4 is 10.0 Å². The van der Waals surface area contributed by atoms with E-state index in [1.165, 1.54) is 14.1 Å². The predicted octanol–water partition coefficient (Wildman–Crippen LogP) is 1.01. The first-order chi connectivity index (χ1) is 7.95. The van der Waals surface area contributed by atoms with E-state index in [2.05, 4.69) is 10.0 Å². The molecule has 0 atom stereocenters. The molecule has 17 heavy (non-hydrogen) atoms. The molecule has 0 aliphatic heterocycles. The molecule has 6 heteroatoms. The van der Waals surface area contributed by atoms with Gasteiger partial charge in [-0.3, -0.25) is 4.72 Å². The number of hydrogen-bond donors (Lipinski definition) is 2. The van der Waals surface area contributed by atoms with Gasteiger partial charge in [0.05, 0.1) is 0 Å². The van der Waals surface area contributed by atoms with Crippen molar-refractivity contribution in [2.75, 3.05) is 25.4 Å². The Morgan fingerprint density at radius 3 is 2.24 bits per heavy atom. The summed E-state index contributed by atoms with van der Waals surface area (Å²) in [5.41, 5.74) is 1.69. The Labute approximate surface area is 103 Å². The average molecular weight is 257 g/mol. The third-order valence-electron chi connectivity index (χ3n) is 2.26. The molecule has 0 fully saturated rings. The molecular weight excluding hydrogens is 238 g/mol. The van der Waals surface area contributed by atoms with Gasteiger partial charge < -0.3 is 5.32 Å². The topological polar surface area (TPSA) is 61.4 Å². The molecule has 2 N–H and O–H groups in total. The van der Waals surface area contributed by atoms with E-state index in [-0.39, 0.29) is 0 Å². The van der Waals surface area contributed by atoms with Crippen molar-refractivity contribution in [3.8, 4) is 0 Å². The summed E-state index contributed by atoms with van der Waals surface area (Å²) < 4.78 is 26.7. The summed E-state index contributed by atoms with van der Waals surface area (Å²) in [7, 11) is -0.437. The standard InChI is InChI=1S/C11H19N3O2S/c1-4-12-9-10-5-7-11(8-6-10)13-17(15,16)14(2)3/h5-8,12-13H,4,9H2,1-3H3. The van der Waals surface area contributed by atoms with Crippen LogP contribution in [0.4, 0.5) is 5.69 Å². The highest BCUT2D eigenvalue weighted by Crippen LogP contribution is 2.11. The number of benzene rings is 1. The summed E-state index contributed by atoms with van der Waals surface area (Å²) >= 11 is 0. The second kappa shape index (κ2) is 6.00. The molecule has 0 radical (unpaired) electrons. The molecule has 1 rings (SSSR count). The van der Waals surface area contributed by atoms with Gasteiger partial charge in [0.15, 0.2) is 0 Å². The Kier molecular flexibility index (Phi) is 4.92. The van der Waals surface area contributed by atoms with Crippen LogP contribution in [0.25, 0.3) is 0 Å². The monoisotopic (exact) mass is 257 g/mol. The minimum Gasteiger partial charge on any atom is -0.313 e. The van der Waals surface area contributed by atoms with Crippen molar-refractivity contribution in [2.45, 2.75) is 13.5 Å². The third-order valence-corrected chi connectivity index (χ3v) is 3.72. The molecule has 0 aliphatic rings. The molecular formula is C11H19N3O2S. The number of nitrogens with zero attached hydrogens (tertiary/aromatic N) is 1. The summed E-state index contributed by atoms with van der Waals surface area (Å²) in [5, 5.41) is 3.20. The van der Waals surface area contributed by atoms with Crippen molar-refractivity contribution in [1.29, 1.82) is 0 Å². The summed E-state index contributed by atoms with van der Waals surface area (Å²) in [6.45, 7) is 3.74. The van der Waals surface area contributed by atoms with E-state index in [1.807, 2.05) is 19.1 Å². The molecule has 0 spiro atoms. The van der Waals surface area contributed by atoms with E-state index in [1.54, 1.807) is 12.1 Å². The zero-order chi connectivity index (χ0) is 12.9. The quantitative estimate of drug-likeness (QED) is 0.799. The largest absolute Gasteiger partial charge is 0.313 e. The van der Waals surface area contributed by atoms with Crippen LogP contribution in [0.1, 0.15) is 12.5 Å². The highest BCUT2D eigenvalue weighted by Gasteiger charge is 2.12. The van der Waals surface area contributed by atoms with E-state index in [0.29, 0.717) is 5.69 Å². The summed E-state index contributed by atoms with van der Waals surface area (Å²) in [4.78, 5) is 0. The minimum atomic E-state index is -3.41. The van der Waals surface area contributed by atoms with E-state index in [9.17, 15) is 8.42 Å². The lowest BCUT2D eigenvalue weighted by molar-refractivity contribution is 0.527.